The highest BCUT2D eigenvalue weighted by molar-refractivity contribution is 6.02. The van der Waals surface area contributed by atoms with Gasteiger partial charge in [0, 0.05) is 12.1 Å². The van der Waals surface area contributed by atoms with E-state index in [0.29, 0.717) is 17.1 Å². The Bertz CT molecular complexity index is 999. The molecule has 0 spiro atoms. The minimum atomic E-state index is -1.06. The van der Waals surface area contributed by atoms with Gasteiger partial charge < -0.3 is 5.11 Å². The van der Waals surface area contributed by atoms with Gasteiger partial charge in [0.25, 0.3) is 0 Å². The summed E-state index contributed by atoms with van der Waals surface area (Å²) in [4.78, 5) is 34.2. The van der Waals surface area contributed by atoms with E-state index in [2.05, 4.69) is 9.97 Å². The van der Waals surface area contributed by atoms with E-state index >= 15 is 0 Å². The van der Waals surface area contributed by atoms with Crippen molar-refractivity contribution >= 4 is 23.4 Å². The Kier molecular flexibility index (Phi) is 5.49. The van der Waals surface area contributed by atoms with E-state index in [1.54, 1.807) is 38.2 Å². The number of carbonyl (C=O) groups is 2. The van der Waals surface area contributed by atoms with Gasteiger partial charge in [0.05, 0.1) is 11.3 Å². The second kappa shape index (κ2) is 8.00. The standard InChI is InChI=1S/C22H21N3O3/c1-14(2)21(26)25(20-8-9-23-13-24-20)19-11-17(10-18(12-19)22(27)28)16-6-4-15(3)5-7-16/h4-14H,1-3H3,(H,27,28). The van der Waals surface area contributed by atoms with Crippen molar-refractivity contribution in [1.82, 2.24) is 9.97 Å². The average Bonchev–Trinajstić information content (AvgIpc) is 2.69. The van der Waals surface area contributed by atoms with Crippen molar-refractivity contribution < 1.29 is 14.7 Å². The van der Waals surface area contributed by atoms with Gasteiger partial charge in [0.15, 0.2) is 0 Å². The fourth-order valence-corrected chi connectivity index (χ4v) is 2.82. The quantitative estimate of drug-likeness (QED) is 0.711. The van der Waals surface area contributed by atoms with Gasteiger partial charge in [-0.25, -0.2) is 14.8 Å². The number of carboxylic acids is 1. The molecule has 0 aliphatic rings. The highest BCUT2D eigenvalue weighted by Crippen LogP contribution is 2.32. The third kappa shape index (κ3) is 4.06. The largest absolute Gasteiger partial charge is 0.478 e. The molecule has 0 saturated carbocycles. The van der Waals surface area contributed by atoms with E-state index in [0.717, 1.165) is 11.1 Å². The Morgan fingerprint density at radius 1 is 1.00 bits per heavy atom. The van der Waals surface area contributed by atoms with Crippen molar-refractivity contribution in [2.24, 2.45) is 5.92 Å². The Hall–Kier alpha value is -3.54. The van der Waals surface area contributed by atoms with Gasteiger partial charge in [0.1, 0.15) is 12.1 Å². The maximum atomic E-state index is 12.9. The molecule has 142 valence electrons. The molecule has 3 aromatic rings. The second-order valence-electron chi connectivity index (χ2n) is 6.84. The fraction of sp³-hybridized carbons (Fsp3) is 0.182. The fourth-order valence-electron chi connectivity index (χ4n) is 2.82. The summed E-state index contributed by atoms with van der Waals surface area (Å²) in [5.74, 6) is -1.15. The summed E-state index contributed by atoms with van der Waals surface area (Å²) in [6, 6.07) is 14.3. The van der Waals surface area contributed by atoms with Crippen LogP contribution in [0.25, 0.3) is 11.1 Å². The molecule has 6 heteroatoms. The predicted octanol–water partition coefficient (Wildman–Crippen LogP) is 4.47. The molecule has 1 aromatic heterocycles. The first-order valence-electron chi connectivity index (χ1n) is 8.92. The summed E-state index contributed by atoms with van der Waals surface area (Å²) in [5, 5.41) is 9.60. The van der Waals surface area contributed by atoms with Crippen molar-refractivity contribution in [1.29, 1.82) is 0 Å². The first kappa shape index (κ1) is 19.2. The lowest BCUT2D eigenvalue weighted by Gasteiger charge is -2.24. The molecule has 28 heavy (non-hydrogen) atoms. The van der Waals surface area contributed by atoms with E-state index in [4.69, 9.17) is 0 Å². The molecule has 3 rings (SSSR count). The Morgan fingerprint density at radius 3 is 2.29 bits per heavy atom. The topological polar surface area (TPSA) is 83.4 Å². The van der Waals surface area contributed by atoms with Crippen LogP contribution in [0.2, 0.25) is 0 Å². The van der Waals surface area contributed by atoms with Gasteiger partial charge in [-0.15, -0.1) is 0 Å². The number of benzene rings is 2. The normalized spacial score (nSPS) is 10.7. The zero-order valence-corrected chi connectivity index (χ0v) is 16.0. The molecule has 0 unspecified atom stereocenters. The smallest absolute Gasteiger partial charge is 0.335 e. The van der Waals surface area contributed by atoms with E-state index in [-0.39, 0.29) is 17.4 Å². The van der Waals surface area contributed by atoms with Crippen molar-refractivity contribution in [2.75, 3.05) is 4.90 Å². The molecule has 1 heterocycles. The molecule has 0 fully saturated rings. The number of carboxylic acid groups (broad SMARTS) is 1. The molecule has 1 amide bonds. The first-order chi connectivity index (χ1) is 13.4. The third-order valence-electron chi connectivity index (χ3n) is 4.32. The van der Waals surface area contributed by atoms with Crippen LogP contribution in [0.5, 0.6) is 0 Å². The van der Waals surface area contributed by atoms with Gasteiger partial charge >= 0.3 is 5.97 Å². The molecular formula is C22H21N3O3. The van der Waals surface area contributed by atoms with Crippen LogP contribution in [0, 0.1) is 12.8 Å². The minimum Gasteiger partial charge on any atom is -0.478 e. The van der Waals surface area contributed by atoms with Gasteiger partial charge in [-0.05, 0) is 42.3 Å². The summed E-state index contributed by atoms with van der Waals surface area (Å²) in [5.41, 5.74) is 3.24. The lowest BCUT2D eigenvalue weighted by atomic mass is 10.00. The molecule has 0 bridgehead atoms. The summed E-state index contributed by atoms with van der Waals surface area (Å²) >= 11 is 0. The molecular weight excluding hydrogens is 354 g/mol. The lowest BCUT2D eigenvalue weighted by molar-refractivity contribution is -0.120. The van der Waals surface area contributed by atoms with Crippen LogP contribution < -0.4 is 4.90 Å². The number of nitrogens with zero attached hydrogens (tertiary/aromatic N) is 3. The number of rotatable bonds is 5. The number of hydrogen-bond acceptors (Lipinski definition) is 4. The molecule has 2 aromatic carbocycles. The van der Waals surface area contributed by atoms with Crippen LogP contribution in [-0.2, 0) is 4.79 Å². The van der Waals surface area contributed by atoms with Crippen LogP contribution in [0.4, 0.5) is 11.5 Å². The van der Waals surface area contributed by atoms with E-state index in [1.165, 1.54) is 17.3 Å². The van der Waals surface area contributed by atoms with Crippen LogP contribution >= 0.6 is 0 Å². The summed E-state index contributed by atoms with van der Waals surface area (Å²) in [7, 11) is 0. The number of hydrogen-bond donors (Lipinski definition) is 1. The molecule has 0 atom stereocenters. The van der Waals surface area contributed by atoms with Gasteiger partial charge in [-0.3, -0.25) is 9.69 Å². The number of aromatic carboxylic acids is 1. The van der Waals surface area contributed by atoms with E-state index in [1.807, 2.05) is 31.2 Å². The second-order valence-corrected chi connectivity index (χ2v) is 6.84. The van der Waals surface area contributed by atoms with Crippen molar-refractivity contribution in [2.45, 2.75) is 20.8 Å². The average molecular weight is 375 g/mol. The first-order valence-corrected chi connectivity index (χ1v) is 8.92. The Morgan fingerprint density at radius 2 is 1.71 bits per heavy atom. The zero-order chi connectivity index (χ0) is 20.3. The molecule has 1 N–H and O–H groups in total. The van der Waals surface area contributed by atoms with Crippen LogP contribution in [0.1, 0.15) is 29.8 Å². The highest BCUT2D eigenvalue weighted by Gasteiger charge is 2.23. The van der Waals surface area contributed by atoms with Crippen molar-refractivity contribution in [3.63, 3.8) is 0 Å². The summed E-state index contributed by atoms with van der Waals surface area (Å²) < 4.78 is 0. The minimum absolute atomic E-state index is 0.101. The lowest BCUT2D eigenvalue weighted by Crippen LogP contribution is -2.30. The number of carbonyl (C=O) groups excluding carboxylic acids is 1. The maximum absolute atomic E-state index is 12.9. The van der Waals surface area contributed by atoms with Crippen LogP contribution in [-0.4, -0.2) is 27.0 Å². The van der Waals surface area contributed by atoms with Gasteiger partial charge in [-0.1, -0.05) is 43.7 Å². The van der Waals surface area contributed by atoms with Crippen LogP contribution in [0.3, 0.4) is 0 Å². The highest BCUT2D eigenvalue weighted by atomic mass is 16.4. The van der Waals surface area contributed by atoms with Gasteiger partial charge in [-0.2, -0.15) is 0 Å². The number of anilines is 2. The summed E-state index contributed by atoms with van der Waals surface area (Å²) in [6.45, 7) is 5.57. The van der Waals surface area contributed by atoms with Crippen molar-refractivity contribution in [3.05, 3.63) is 72.2 Å². The number of aromatic nitrogens is 2. The monoisotopic (exact) mass is 375 g/mol. The number of aryl methyl sites for hydroxylation is 1. The van der Waals surface area contributed by atoms with Crippen molar-refractivity contribution in [3.8, 4) is 11.1 Å². The Labute approximate surface area is 163 Å². The predicted molar refractivity (Wildman–Crippen MR) is 108 cm³/mol. The maximum Gasteiger partial charge on any atom is 0.335 e. The zero-order valence-electron chi connectivity index (χ0n) is 16.0. The number of amides is 1. The molecule has 0 aliphatic carbocycles. The van der Waals surface area contributed by atoms with E-state index in [9.17, 15) is 14.7 Å². The molecule has 0 radical (unpaired) electrons. The van der Waals surface area contributed by atoms with Gasteiger partial charge in [0.2, 0.25) is 5.91 Å². The Balaban J connectivity index is 2.20. The van der Waals surface area contributed by atoms with Crippen LogP contribution in [0.15, 0.2) is 61.1 Å². The third-order valence-corrected chi connectivity index (χ3v) is 4.32. The molecule has 0 saturated heterocycles. The SMILES string of the molecule is Cc1ccc(-c2cc(C(=O)O)cc(N(C(=O)C(C)C)c3ccncn3)c2)cc1. The summed E-state index contributed by atoms with van der Waals surface area (Å²) in [6.07, 6.45) is 2.91. The van der Waals surface area contributed by atoms with E-state index < -0.39 is 5.97 Å². The molecule has 6 nitrogen and oxygen atoms in total. The molecule has 0 aliphatic heterocycles.